The van der Waals surface area contributed by atoms with Crippen LogP contribution < -0.4 is 0 Å². The summed E-state index contributed by atoms with van der Waals surface area (Å²) in [4.78, 5) is 14.5. The van der Waals surface area contributed by atoms with Gasteiger partial charge in [-0.1, -0.05) is 0 Å². The molecule has 0 atom stereocenters. The predicted molar refractivity (Wildman–Crippen MR) is 49.2 cm³/mol. The molecule has 0 spiro atoms. The molecule has 0 unspecified atom stereocenters. The molecule has 4 heteroatoms. The molecule has 0 saturated carbocycles. The molecule has 0 amide bonds. The lowest BCUT2D eigenvalue weighted by atomic mass is 10.2. The lowest BCUT2D eigenvalue weighted by Gasteiger charge is -1.99. The first-order valence-corrected chi connectivity index (χ1v) is 4.07. The Kier molecular flexibility index (Phi) is 2.84. The maximum absolute atomic E-state index is 10.5. The summed E-state index contributed by atoms with van der Waals surface area (Å²) in [6.45, 7) is 4.34. The van der Waals surface area contributed by atoms with Crippen LogP contribution in [0, 0.1) is 0 Å². The van der Waals surface area contributed by atoms with Crippen LogP contribution in [-0.4, -0.2) is 20.6 Å². The quantitative estimate of drug-likeness (QED) is 0.715. The van der Waals surface area contributed by atoms with Crippen LogP contribution in [0.1, 0.15) is 19.5 Å². The number of hydrogen-bond acceptors (Lipinski definition) is 2. The highest BCUT2D eigenvalue weighted by molar-refractivity contribution is 5.91. The Morgan fingerprint density at radius 1 is 1.77 bits per heavy atom. The van der Waals surface area contributed by atoms with E-state index in [1.54, 1.807) is 25.5 Å². The SMILES string of the molecule is CCn1cncc1/C=C(/C)C(=O)O. The summed E-state index contributed by atoms with van der Waals surface area (Å²) in [5, 5.41) is 8.65. The van der Waals surface area contributed by atoms with E-state index in [9.17, 15) is 4.79 Å². The van der Waals surface area contributed by atoms with Gasteiger partial charge >= 0.3 is 5.97 Å². The average molecular weight is 180 g/mol. The summed E-state index contributed by atoms with van der Waals surface area (Å²) in [7, 11) is 0. The fourth-order valence-corrected chi connectivity index (χ4v) is 0.999. The van der Waals surface area contributed by atoms with Gasteiger partial charge in [0.05, 0.1) is 18.2 Å². The van der Waals surface area contributed by atoms with Crippen molar-refractivity contribution in [2.45, 2.75) is 20.4 Å². The summed E-state index contributed by atoms with van der Waals surface area (Å²) in [5.74, 6) is -0.899. The van der Waals surface area contributed by atoms with Gasteiger partial charge in [0.15, 0.2) is 0 Å². The number of carboxylic acids is 1. The third kappa shape index (κ3) is 2.18. The molecular formula is C9H12N2O2. The molecule has 0 bridgehead atoms. The van der Waals surface area contributed by atoms with Crippen molar-refractivity contribution in [2.75, 3.05) is 0 Å². The van der Waals surface area contributed by atoms with E-state index in [2.05, 4.69) is 4.98 Å². The Balaban J connectivity index is 2.96. The molecule has 1 aromatic rings. The van der Waals surface area contributed by atoms with Crippen LogP contribution in [0.3, 0.4) is 0 Å². The Hall–Kier alpha value is -1.58. The number of hydrogen-bond donors (Lipinski definition) is 1. The van der Waals surface area contributed by atoms with Crippen LogP contribution in [0.5, 0.6) is 0 Å². The van der Waals surface area contributed by atoms with Crippen molar-refractivity contribution in [1.29, 1.82) is 0 Å². The van der Waals surface area contributed by atoms with Crippen molar-refractivity contribution >= 4 is 12.0 Å². The van der Waals surface area contributed by atoms with E-state index in [1.165, 1.54) is 0 Å². The maximum Gasteiger partial charge on any atom is 0.331 e. The zero-order chi connectivity index (χ0) is 9.84. The Labute approximate surface area is 76.5 Å². The Morgan fingerprint density at radius 3 is 3.00 bits per heavy atom. The van der Waals surface area contributed by atoms with E-state index in [4.69, 9.17) is 5.11 Å². The molecule has 4 nitrogen and oxygen atoms in total. The van der Waals surface area contributed by atoms with Gasteiger partial charge in [-0.2, -0.15) is 0 Å². The lowest BCUT2D eigenvalue weighted by molar-refractivity contribution is -0.132. The van der Waals surface area contributed by atoms with Gasteiger partial charge in [0.2, 0.25) is 0 Å². The third-order valence-electron chi connectivity index (χ3n) is 1.79. The molecule has 13 heavy (non-hydrogen) atoms. The van der Waals surface area contributed by atoms with Gasteiger partial charge in [-0.3, -0.25) is 0 Å². The average Bonchev–Trinajstić information content (AvgIpc) is 2.51. The summed E-state index contributed by atoms with van der Waals surface area (Å²) in [6, 6.07) is 0. The summed E-state index contributed by atoms with van der Waals surface area (Å²) in [6.07, 6.45) is 4.94. The lowest BCUT2D eigenvalue weighted by Crippen LogP contribution is -1.99. The second-order valence-electron chi connectivity index (χ2n) is 2.74. The Bertz CT molecular complexity index is 339. The van der Waals surface area contributed by atoms with Gasteiger partial charge in [0, 0.05) is 12.1 Å². The molecule has 1 aromatic heterocycles. The van der Waals surface area contributed by atoms with Crippen molar-refractivity contribution < 1.29 is 9.90 Å². The summed E-state index contributed by atoms with van der Waals surface area (Å²) < 4.78 is 1.88. The second-order valence-corrected chi connectivity index (χ2v) is 2.74. The van der Waals surface area contributed by atoms with Crippen molar-refractivity contribution in [1.82, 2.24) is 9.55 Å². The standard InChI is InChI=1S/C9H12N2O2/c1-3-11-6-10-5-8(11)4-7(2)9(12)13/h4-6H,3H2,1-2H3,(H,12,13)/b7-4-. The number of aliphatic carboxylic acids is 1. The van der Waals surface area contributed by atoms with Crippen LogP contribution in [0.2, 0.25) is 0 Å². The van der Waals surface area contributed by atoms with Gasteiger partial charge < -0.3 is 9.67 Å². The molecule has 1 N–H and O–H groups in total. The van der Waals surface area contributed by atoms with Crippen molar-refractivity contribution in [3.8, 4) is 0 Å². The van der Waals surface area contributed by atoms with Crippen molar-refractivity contribution in [2.24, 2.45) is 0 Å². The van der Waals surface area contributed by atoms with Gasteiger partial charge in [-0.15, -0.1) is 0 Å². The molecular weight excluding hydrogens is 168 g/mol. The van der Waals surface area contributed by atoms with E-state index in [-0.39, 0.29) is 0 Å². The molecule has 0 radical (unpaired) electrons. The van der Waals surface area contributed by atoms with Crippen LogP contribution in [0.25, 0.3) is 6.08 Å². The van der Waals surface area contributed by atoms with E-state index in [1.807, 2.05) is 11.5 Å². The highest BCUT2D eigenvalue weighted by Crippen LogP contribution is 2.06. The molecule has 0 saturated heterocycles. The molecule has 0 aliphatic heterocycles. The largest absolute Gasteiger partial charge is 0.478 e. The zero-order valence-electron chi connectivity index (χ0n) is 7.69. The smallest absolute Gasteiger partial charge is 0.331 e. The molecule has 70 valence electrons. The molecule has 0 aliphatic rings. The number of aryl methyl sites for hydroxylation is 1. The first kappa shape index (κ1) is 9.51. The number of rotatable bonds is 3. The minimum absolute atomic E-state index is 0.315. The molecule has 1 heterocycles. The van der Waals surface area contributed by atoms with Gasteiger partial charge in [-0.05, 0) is 19.9 Å². The van der Waals surface area contributed by atoms with E-state index < -0.39 is 5.97 Å². The topological polar surface area (TPSA) is 55.1 Å². The van der Waals surface area contributed by atoms with Gasteiger partial charge in [-0.25, -0.2) is 9.78 Å². The maximum atomic E-state index is 10.5. The number of aromatic nitrogens is 2. The van der Waals surface area contributed by atoms with Crippen LogP contribution in [0.15, 0.2) is 18.1 Å². The fourth-order valence-electron chi connectivity index (χ4n) is 0.999. The highest BCUT2D eigenvalue weighted by Gasteiger charge is 2.02. The first-order valence-electron chi connectivity index (χ1n) is 4.07. The third-order valence-corrected chi connectivity index (χ3v) is 1.79. The number of imidazole rings is 1. The van der Waals surface area contributed by atoms with E-state index >= 15 is 0 Å². The minimum Gasteiger partial charge on any atom is -0.478 e. The van der Waals surface area contributed by atoms with Crippen molar-refractivity contribution in [3.63, 3.8) is 0 Å². The minimum atomic E-state index is -0.899. The summed E-state index contributed by atoms with van der Waals surface area (Å²) >= 11 is 0. The van der Waals surface area contributed by atoms with Crippen LogP contribution >= 0.6 is 0 Å². The van der Waals surface area contributed by atoms with E-state index in [0.29, 0.717) is 5.57 Å². The van der Waals surface area contributed by atoms with Gasteiger partial charge in [0.1, 0.15) is 0 Å². The van der Waals surface area contributed by atoms with Crippen LogP contribution in [0.4, 0.5) is 0 Å². The molecule has 0 aromatic carbocycles. The normalized spacial score (nSPS) is 11.7. The number of nitrogens with zero attached hydrogens (tertiary/aromatic N) is 2. The first-order chi connectivity index (χ1) is 6.15. The molecule has 1 rings (SSSR count). The molecule has 0 fully saturated rings. The predicted octanol–water partition coefficient (Wildman–Crippen LogP) is 1.39. The molecule has 0 aliphatic carbocycles. The van der Waals surface area contributed by atoms with Gasteiger partial charge in [0.25, 0.3) is 0 Å². The highest BCUT2D eigenvalue weighted by atomic mass is 16.4. The second kappa shape index (κ2) is 3.89. The fraction of sp³-hybridized carbons (Fsp3) is 0.333. The number of carboxylic acid groups (broad SMARTS) is 1. The zero-order valence-corrected chi connectivity index (χ0v) is 7.69. The monoisotopic (exact) mass is 180 g/mol. The van der Waals surface area contributed by atoms with Crippen molar-refractivity contribution in [3.05, 3.63) is 23.8 Å². The summed E-state index contributed by atoms with van der Waals surface area (Å²) in [5.41, 5.74) is 1.14. The van der Waals surface area contributed by atoms with Crippen LogP contribution in [-0.2, 0) is 11.3 Å². The van der Waals surface area contributed by atoms with E-state index in [0.717, 1.165) is 12.2 Å². The Morgan fingerprint density at radius 2 is 2.46 bits per heavy atom. The number of carbonyl (C=O) groups is 1.